The molecule has 0 amide bonds. The Kier molecular flexibility index (Phi) is 5.05. The first kappa shape index (κ1) is 15.3. The fourth-order valence-corrected chi connectivity index (χ4v) is 2.74. The third-order valence-electron chi connectivity index (χ3n) is 3.24. The smallest absolute Gasteiger partial charge is 0.0907 e. The monoisotopic (exact) mass is 312 g/mol. The van der Waals surface area contributed by atoms with Crippen LogP contribution in [0.2, 0.25) is 10.0 Å². The molecule has 0 radical (unpaired) electrons. The lowest BCUT2D eigenvalue weighted by Gasteiger charge is -2.20. The number of rotatable bonds is 5. The first-order valence-corrected chi connectivity index (χ1v) is 7.28. The summed E-state index contributed by atoms with van der Waals surface area (Å²) in [6.07, 6.45) is 2.60. The first-order valence-electron chi connectivity index (χ1n) is 6.52. The molecule has 0 fully saturated rings. The second-order valence-corrected chi connectivity index (χ2v) is 5.46. The van der Waals surface area contributed by atoms with Gasteiger partial charge in [-0.1, -0.05) is 48.3 Å². The van der Waals surface area contributed by atoms with Crippen LogP contribution in [0.3, 0.4) is 0 Å². The number of hydrogen-bond donors (Lipinski definition) is 2. The van der Waals surface area contributed by atoms with Gasteiger partial charge in [0.2, 0.25) is 0 Å². The van der Waals surface area contributed by atoms with Crippen LogP contribution in [0.15, 0.2) is 24.4 Å². The number of aromatic nitrogens is 2. The summed E-state index contributed by atoms with van der Waals surface area (Å²) in [5, 5.41) is 5.57. The molecule has 2 aromatic rings. The van der Waals surface area contributed by atoms with E-state index in [2.05, 4.69) is 17.4 Å². The summed E-state index contributed by atoms with van der Waals surface area (Å²) in [6, 6.07) is 5.57. The van der Waals surface area contributed by atoms with Gasteiger partial charge in [-0.05, 0) is 24.5 Å². The lowest BCUT2D eigenvalue weighted by atomic mass is 10.0. The van der Waals surface area contributed by atoms with E-state index in [0.29, 0.717) is 10.0 Å². The largest absolute Gasteiger partial charge is 0.271 e. The van der Waals surface area contributed by atoms with Crippen molar-refractivity contribution in [2.75, 3.05) is 0 Å². The van der Waals surface area contributed by atoms with Crippen LogP contribution in [-0.4, -0.2) is 9.78 Å². The van der Waals surface area contributed by atoms with Crippen molar-refractivity contribution in [3.05, 3.63) is 51.3 Å². The summed E-state index contributed by atoms with van der Waals surface area (Å²) < 4.78 is 1.87. The molecule has 1 atom stereocenters. The maximum absolute atomic E-state index is 6.40. The molecule has 3 N–H and O–H groups in total. The molecular formula is C14H18Cl2N4. The Morgan fingerprint density at radius 2 is 2.15 bits per heavy atom. The zero-order valence-corrected chi connectivity index (χ0v) is 13.0. The topological polar surface area (TPSA) is 55.9 Å². The van der Waals surface area contributed by atoms with E-state index in [4.69, 9.17) is 29.0 Å². The Morgan fingerprint density at radius 3 is 2.80 bits per heavy atom. The Bertz CT molecular complexity index is 595. The van der Waals surface area contributed by atoms with E-state index in [-0.39, 0.29) is 6.04 Å². The minimum Gasteiger partial charge on any atom is -0.271 e. The van der Waals surface area contributed by atoms with E-state index in [0.717, 1.165) is 29.8 Å². The molecule has 1 unspecified atom stereocenters. The minimum atomic E-state index is -0.288. The Balaban J connectivity index is 2.52. The number of halogens is 2. The van der Waals surface area contributed by atoms with Gasteiger partial charge in [0.25, 0.3) is 0 Å². The molecule has 4 nitrogen and oxygen atoms in total. The highest BCUT2D eigenvalue weighted by molar-refractivity contribution is 6.32. The van der Waals surface area contributed by atoms with Gasteiger partial charge in [-0.15, -0.1) is 0 Å². The van der Waals surface area contributed by atoms with Gasteiger partial charge in [0, 0.05) is 11.6 Å². The highest BCUT2D eigenvalue weighted by Crippen LogP contribution is 2.33. The number of aryl methyl sites for hydroxylation is 2. The normalized spacial score (nSPS) is 12.7. The molecule has 0 saturated heterocycles. The fraction of sp³-hybridized carbons (Fsp3) is 0.357. The maximum atomic E-state index is 6.40. The van der Waals surface area contributed by atoms with E-state index in [1.807, 2.05) is 29.8 Å². The van der Waals surface area contributed by atoms with E-state index in [1.165, 1.54) is 0 Å². The summed E-state index contributed by atoms with van der Waals surface area (Å²) in [5.74, 6) is 5.74. The minimum absolute atomic E-state index is 0.288. The predicted molar refractivity (Wildman–Crippen MR) is 82.9 cm³/mol. The van der Waals surface area contributed by atoms with Crippen LogP contribution in [0.1, 0.15) is 36.2 Å². The Morgan fingerprint density at radius 1 is 1.40 bits per heavy atom. The Hall–Kier alpha value is -1.07. The van der Waals surface area contributed by atoms with Crippen LogP contribution < -0.4 is 11.3 Å². The zero-order chi connectivity index (χ0) is 14.7. The quantitative estimate of drug-likeness (QED) is 0.656. The van der Waals surface area contributed by atoms with E-state index >= 15 is 0 Å². The van der Waals surface area contributed by atoms with Gasteiger partial charge in [0.1, 0.15) is 0 Å². The third kappa shape index (κ3) is 2.83. The number of benzene rings is 1. The van der Waals surface area contributed by atoms with E-state index in [1.54, 1.807) is 6.20 Å². The van der Waals surface area contributed by atoms with Crippen LogP contribution in [0.5, 0.6) is 0 Å². The summed E-state index contributed by atoms with van der Waals surface area (Å²) in [6.45, 7) is 4.83. The molecule has 0 aliphatic rings. The Labute approximate surface area is 128 Å². The zero-order valence-electron chi connectivity index (χ0n) is 11.5. The first-order chi connectivity index (χ1) is 9.60. The number of hydrazine groups is 1. The molecular weight excluding hydrogens is 295 g/mol. The van der Waals surface area contributed by atoms with Gasteiger partial charge < -0.3 is 0 Å². The van der Waals surface area contributed by atoms with E-state index in [9.17, 15) is 0 Å². The molecule has 6 heteroatoms. The standard InChI is InChI=1S/C14H18Cl2N4/c1-3-7-20-14(11(15)8-18-20)13(19-17)10-6-4-5-9(2)12(10)16/h4-6,8,13,19H,3,7,17H2,1-2H3. The molecule has 1 aromatic carbocycles. The van der Waals surface area contributed by atoms with Crippen molar-refractivity contribution in [3.63, 3.8) is 0 Å². The SMILES string of the molecule is CCCn1ncc(Cl)c1C(NN)c1cccc(C)c1Cl. The average molecular weight is 313 g/mol. The van der Waals surface area contributed by atoms with Crippen LogP contribution in [0.4, 0.5) is 0 Å². The van der Waals surface area contributed by atoms with Gasteiger partial charge >= 0.3 is 0 Å². The van der Waals surface area contributed by atoms with Crippen molar-refractivity contribution in [3.8, 4) is 0 Å². The highest BCUT2D eigenvalue weighted by Gasteiger charge is 2.23. The van der Waals surface area contributed by atoms with Crippen molar-refractivity contribution in [2.24, 2.45) is 5.84 Å². The molecule has 1 aromatic heterocycles. The predicted octanol–water partition coefficient (Wildman–Crippen LogP) is 3.46. The third-order valence-corrected chi connectivity index (χ3v) is 4.05. The molecule has 1 heterocycles. The van der Waals surface area contributed by atoms with Gasteiger partial charge in [-0.3, -0.25) is 10.5 Å². The van der Waals surface area contributed by atoms with Crippen LogP contribution in [0, 0.1) is 6.92 Å². The molecule has 20 heavy (non-hydrogen) atoms. The fourth-order valence-electron chi connectivity index (χ4n) is 2.26. The number of nitrogens with two attached hydrogens (primary N) is 1. The highest BCUT2D eigenvalue weighted by atomic mass is 35.5. The summed E-state index contributed by atoms with van der Waals surface area (Å²) in [4.78, 5) is 0. The van der Waals surface area contributed by atoms with E-state index < -0.39 is 0 Å². The average Bonchev–Trinajstić information content (AvgIpc) is 2.78. The molecule has 2 rings (SSSR count). The van der Waals surface area contributed by atoms with Crippen molar-refractivity contribution in [2.45, 2.75) is 32.9 Å². The molecule has 0 bridgehead atoms. The van der Waals surface area contributed by atoms with Crippen LogP contribution in [0.25, 0.3) is 0 Å². The van der Waals surface area contributed by atoms with Crippen LogP contribution in [-0.2, 0) is 6.54 Å². The lowest BCUT2D eigenvalue weighted by Crippen LogP contribution is -2.31. The molecule has 0 spiro atoms. The second kappa shape index (κ2) is 6.59. The summed E-state index contributed by atoms with van der Waals surface area (Å²) in [5.41, 5.74) is 5.53. The van der Waals surface area contributed by atoms with Crippen molar-refractivity contribution >= 4 is 23.2 Å². The maximum Gasteiger partial charge on any atom is 0.0907 e. The number of hydrogen-bond acceptors (Lipinski definition) is 3. The second-order valence-electron chi connectivity index (χ2n) is 4.68. The molecule has 0 saturated carbocycles. The van der Waals surface area contributed by atoms with Gasteiger partial charge in [-0.2, -0.15) is 5.10 Å². The van der Waals surface area contributed by atoms with Crippen LogP contribution >= 0.6 is 23.2 Å². The molecule has 0 aliphatic carbocycles. The number of nitrogens with one attached hydrogen (secondary N) is 1. The molecule has 108 valence electrons. The molecule has 0 aliphatic heterocycles. The van der Waals surface area contributed by atoms with Crippen molar-refractivity contribution in [1.29, 1.82) is 0 Å². The summed E-state index contributed by atoms with van der Waals surface area (Å²) >= 11 is 12.7. The summed E-state index contributed by atoms with van der Waals surface area (Å²) in [7, 11) is 0. The van der Waals surface area contributed by atoms with Gasteiger partial charge in [0.05, 0.1) is 23.0 Å². The van der Waals surface area contributed by atoms with Crippen molar-refractivity contribution in [1.82, 2.24) is 15.2 Å². The van der Waals surface area contributed by atoms with Gasteiger partial charge in [-0.25, -0.2) is 5.43 Å². The van der Waals surface area contributed by atoms with Crippen molar-refractivity contribution < 1.29 is 0 Å². The number of nitrogens with zero attached hydrogens (tertiary/aromatic N) is 2. The lowest BCUT2D eigenvalue weighted by molar-refractivity contribution is 0.521. The van der Waals surface area contributed by atoms with Gasteiger partial charge in [0.15, 0.2) is 0 Å².